The van der Waals surface area contributed by atoms with Crippen molar-refractivity contribution in [3.63, 3.8) is 0 Å². The number of carbonyl (C=O) groups excluding carboxylic acids is 8. The van der Waals surface area contributed by atoms with Crippen LogP contribution in [0, 0.1) is 47.3 Å². The Bertz CT molecular complexity index is 2980. The van der Waals surface area contributed by atoms with Crippen molar-refractivity contribution in [2.45, 2.75) is 252 Å². The number of ether oxygens (including phenoxy) is 4. The summed E-state index contributed by atoms with van der Waals surface area (Å²) in [4.78, 5) is 129. The molecule has 9 N–H and O–H groups in total. The van der Waals surface area contributed by atoms with Crippen LogP contribution in [-0.2, 0) is 62.1 Å². The van der Waals surface area contributed by atoms with Gasteiger partial charge in [0.25, 0.3) is 0 Å². The van der Waals surface area contributed by atoms with Crippen LogP contribution >= 0.6 is 0 Å². The Morgan fingerprint density at radius 1 is 0.471 bits per heavy atom. The molecule has 0 aromatic heterocycles. The smallest absolute Gasteiger partial charge is 0.329 e. The number of aliphatic hydroxyl groups is 2. The number of methoxy groups -OCH3 is 4. The second-order valence-corrected chi connectivity index (χ2v) is 30.0. The van der Waals surface area contributed by atoms with Gasteiger partial charge in [0.15, 0.2) is 6.04 Å². The number of benzene rings is 2. The number of amides is 8. The number of hydrogen-bond donors (Lipinski definition) is 9. The lowest BCUT2D eigenvalue weighted by molar-refractivity contribution is -0.149. The summed E-state index contributed by atoms with van der Waals surface area (Å²) in [7, 11) is 12.9. The molecule has 0 unspecified atom stereocenters. The maximum absolute atomic E-state index is 14.1. The summed E-state index contributed by atoms with van der Waals surface area (Å²) < 4.78 is 23.7. The van der Waals surface area contributed by atoms with Crippen LogP contribution in [0.25, 0.3) is 0 Å². The van der Waals surface area contributed by atoms with Crippen molar-refractivity contribution in [3.8, 4) is 0 Å². The highest BCUT2D eigenvalue weighted by atomic mass is 16.5. The van der Waals surface area contributed by atoms with E-state index < -0.39 is 115 Å². The van der Waals surface area contributed by atoms with Crippen molar-refractivity contribution in [3.05, 3.63) is 71.8 Å². The predicted octanol–water partition coefficient (Wildman–Crippen LogP) is 6.12. The number of nitrogens with one attached hydrogen (secondary N) is 6. The molecule has 2 aromatic carbocycles. The highest BCUT2D eigenvalue weighted by molar-refractivity contribution is 5.91. The van der Waals surface area contributed by atoms with Gasteiger partial charge in [-0.2, -0.15) is 0 Å². The van der Waals surface area contributed by atoms with Crippen LogP contribution in [0.1, 0.15) is 179 Å². The van der Waals surface area contributed by atoms with Crippen LogP contribution in [0.2, 0.25) is 0 Å². The first-order chi connectivity index (χ1) is 49.0. The van der Waals surface area contributed by atoms with Crippen molar-refractivity contribution in [1.29, 1.82) is 0 Å². The van der Waals surface area contributed by atoms with E-state index in [0.29, 0.717) is 49.9 Å². The fourth-order valence-corrected chi connectivity index (χ4v) is 14.9. The molecule has 2 heterocycles. The molecule has 104 heavy (non-hydrogen) atoms. The minimum atomic E-state index is -1.60. The Labute approximate surface area is 620 Å². The van der Waals surface area contributed by atoms with E-state index >= 15 is 0 Å². The van der Waals surface area contributed by atoms with Crippen LogP contribution in [0.15, 0.2) is 60.7 Å². The molecule has 26 heteroatoms. The Balaban J connectivity index is 0.000000541. The summed E-state index contributed by atoms with van der Waals surface area (Å²) in [6, 6.07) is 11.0. The summed E-state index contributed by atoms with van der Waals surface area (Å²) in [5, 5.41) is 48.9. The molecule has 2 aromatic rings. The van der Waals surface area contributed by atoms with Gasteiger partial charge in [-0.25, -0.2) is 4.79 Å². The number of carboxylic acid groups (broad SMARTS) is 1. The van der Waals surface area contributed by atoms with Gasteiger partial charge in [-0.1, -0.05) is 170 Å². The van der Waals surface area contributed by atoms with Crippen LogP contribution in [0.5, 0.6) is 0 Å². The van der Waals surface area contributed by atoms with E-state index in [1.54, 1.807) is 113 Å². The number of rotatable bonds is 41. The number of aliphatic carboxylic acids is 1. The Morgan fingerprint density at radius 2 is 0.798 bits per heavy atom. The van der Waals surface area contributed by atoms with Gasteiger partial charge in [-0.3, -0.25) is 38.4 Å². The second-order valence-electron chi connectivity index (χ2n) is 30.0. The molecule has 590 valence electrons. The number of carboxylic acids is 1. The highest BCUT2D eigenvalue weighted by Gasteiger charge is 2.47. The Morgan fingerprint density at radius 3 is 1.10 bits per heavy atom. The van der Waals surface area contributed by atoms with E-state index in [4.69, 9.17) is 18.9 Å². The maximum atomic E-state index is 14.1. The van der Waals surface area contributed by atoms with Gasteiger partial charge >= 0.3 is 5.97 Å². The summed E-state index contributed by atoms with van der Waals surface area (Å²) in [5.74, 6) is -5.55. The van der Waals surface area contributed by atoms with Gasteiger partial charge in [0.1, 0.15) is 18.2 Å². The van der Waals surface area contributed by atoms with Crippen LogP contribution < -0.4 is 31.9 Å². The summed E-state index contributed by atoms with van der Waals surface area (Å²) in [6.07, 6.45) is -0.921. The molecule has 26 nitrogen and oxygen atoms in total. The largest absolute Gasteiger partial charge is 0.480 e. The van der Waals surface area contributed by atoms with Crippen molar-refractivity contribution >= 4 is 53.2 Å². The standard InChI is InChI=1S/C39H65N5O9.C39H67N5O7/c1-12-24(6)33(43(9)38(49)31(23(4)5)41-37(48)30(40-8)22(2)3)28(52-10)21-29(45)44-20-16-19-27(44)35(53-11)25(7)36(47)42-32(39(50)51)34(46)26-17-14-13-15-18-26;1-13-25(6)34(43(10)39(49)33(24(4)5)42-38(48)32(40-9)23(2)3)30(50-11)22-31(45)44-21-17-20-29(44)36(51-12)26(7)37(47)41-27(8)35(46)28-18-15-14-16-19-28/h13-15,17-18,22-25,27-28,30-35,40,46H,12,16,19-21H2,1-11H3,(H,41,48)(H,42,47)(H,50,51);14-16,18-19,23-27,29-30,32-36,40,46H,13,17,20-22H2,1-12H3,(H,41,47)(H,42,48)/t24-,25+,27-,28+,30-,31-,32-,33-,34-,35+;25-,26+,27+,29-,30+,32-,33-,34-,35+,36+/m00/s1. The number of likely N-dealkylation sites (tertiary alicyclic amines) is 2. The third kappa shape index (κ3) is 24.7. The lowest BCUT2D eigenvalue weighted by atomic mass is 9.89. The third-order valence-corrected chi connectivity index (χ3v) is 21.5. The van der Waals surface area contributed by atoms with E-state index in [2.05, 4.69) is 31.9 Å². The number of carbonyl (C=O) groups is 9. The molecule has 0 spiro atoms. The lowest BCUT2D eigenvalue weighted by Gasteiger charge is -2.41. The fourth-order valence-electron chi connectivity index (χ4n) is 14.9. The van der Waals surface area contributed by atoms with Gasteiger partial charge in [0.05, 0.1) is 97.5 Å². The average Bonchev–Trinajstić information content (AvgIpc) is 1.69. The van der Waals surface area contributed by atoms with Crippen LogP contribution in [0.4, 0.5) is 0 Å². The van der Waals surface area contributed by atoms with Gasteiger partial charge in [-0.15, -0.1) is 0 Å². The molecular weight excluding hydrogens is 1330 g/mol. The Kier molecular flexibility index (Phi) is 39.2. The molecular formula is C78H132N10O16. The zero-order valence-electron chi connectivity index (χ0n) is 66.6. The maximum Gasteiger partial charge on any atom is 0.329 e. The quantitative estimate of drug-likeness (QED) is 0.0362. The number of nitrogens with zero attached hydrogens (tertiary/aromatic N) is 4. The SMILES string of the molecule is CC[C@H](C)[C@@H]([C@@H](CC(=O)N1CCC[C@H]1[C@H](OC)[C@@H](C)C(=O)N[C@H](C(=O)O)[C@@H](O)c1ccccc1)OC)N(C)C(=O)[C@@H](NC(=O)[C@@H](NC)C(C)C)C(C)C.CC[C@H](C)[C@@H]([C@@H](CC(=O)N1CCC[C@H]1[C@H](OC)[C@@H](C)C(=O)N[C@H](C)[C@@H](O)c1ccccc1)OC)N(C)C(=O)[C@@H](NC(=O)[C@@H](NC)C(C)C)C(C)C. The molecule has 2 saturated heterocycles. The third-order valence-electron chi connectivity index (χ3n) is 21.5. The minimum Gasteiger partial charge on any atom is -0.480 e. The first-order valence-corrected chi connectivity index (χ1v) is 37.5. The van der Waals surface area contributed by atoms with E-state index in [1.165, 1.54) is 14.2 Å². The molecule has 20 atom stereocenters. The normalized spacial score (nSPS) is 19.9. The molecule has 8 amide bonds. The van der Waals surface area contributed by atoms with Crippen molar-refractivity contribution in [2.75, 3.05) is 69.7 Å². The highest BCUT2D eigenvalue weighted by Crippen LogP contribution is 2.33. The molecule has 2 aliphatic heterocycles. The van der Waals surface area contributed by atoms with Gasteiger partial charge in [0, 0.05) is 55.6 Å². The van der Waals surface area contributed by atoms with E-state index in [-0.39, 0.29) is 95.7 Å². The molecule has 4 rings (SSSR count). The fraction of sp³-hybridized carbons (Fsp3) is 0.731. The van der Waals surface area contributed by atoms with Crippen LogP contribution in [0.3, 0.4) is 0 Å². The molecule has 0 bridgehead atoms. The van der Waals surface area contributed by atoms with E-state index in [0.717, 1.165) is 12.8 Å². The topological polar surface area (TPSA) is 336 Å². The Hall–Kier alpha value is -6.65. The van der Waals surface area contributed by atoms with E-state index in [9.17, 15) is 58.5 Å². The second kappa shape index (κ2) is 44.5. The first kappa shape index (κ1) is 91.6. The molecule has 0 radical (unpaired) electrons. The predicted molar refractivity (Wildman–Crippen MR) is 401 cm³/mol. The zero-order chi connectivity index (χ0) is 78.7. The first-order valence-electron chi connectivity index (χ1n) is 37.5. The summed E-state index contributed by atoms with van der Waals surface area (Å²) in [5.41, 5.74) is 1.06. The van der Waals surface area contributed by atoms with Crippen molar-refractivity contribution < 1.29 is 77.4 Å². The van der Waals surface area contributed by atoms with Gasteiger partial charge in [-0.05, 0) is 93.3 Å². The van der Waals surface area contributed by atoms with Gasteiger partial charge in [0.2, 0.25) is 47.3 Å². The molecule has 0 saturated carbocycles. The van der Waals surface area contributed by atoms with E-state index in [1.807, 2.05) is 113 Å². The number of aliphatic hydroxyl groups excluding tert-OH is 2. The number of hydrogen-bond acceptors (Lipinski definition) is 17. The van der Waals surface area contributed by atoms with Crippen LogP contribution in [-0.4, -0.2) is 243 Å². The summed E-state index contributed by atoms with van der Waals surface area (Å²) >= 11 is 0. The minimum absolute atomic E-state index is 0.0103. The van der Waals surface area contributed by atoms with Gasteiger partial charge < -0.3 is 85.8 Å². The average molecular weight is 1470 g/mol. The number of likely N-dealkylation sites (N-methyl/N-ethyl adjacent to an activating group) is 4. The lowest BCUT2D eigenvalue weighted by Crippen LogP contribution is -2.59. The molecule has 2 aliphatic rings. The molecule has 0 aliphatic carbocycles. The summed E-state index contributed by atoms with van der Waals surface area (Å²) in [6.45, 7) is 29.5. The van der Waals surface area contributed by atoms with Crippen molar-refractivity contribution in [2.24, 2.45) is 47.3 Å². The monoisotopic (exact) mass is 1460 g/mol. The zero-order valence-corrected chi connectivity index (χ0v) is 66.6. The van der Waals surface area contributed by atoms with Crippen molar-refractivity contribution in [1.82, 2.24) is 51.5 Å². The molecule has 2 fully saturated rings.